The molecule has 0 spiro atoms. The van der Waals surface area contributed by atoms with Crippen molar-refractivity contribution in [3.05, 3.63) is 34.3 Å². The Labute approximate surface area is 130 Å². The lowest BCUT2D eigenvalue weighted by atomic mass is 9.99. The minimum atomic E-state index is -0.317. The van der Waals surface area contributed by atoms with Gasteiger partial charge in [-0.15, -0.1) is 0 Å². The summed E-state index contributed by atoms with van der Waals surface area (Å²) in [5, 5.41) is 7.74. The van der Waals surface area contributed by atoms with Gasteiger partial charge in [0.25, 0.3) is 0 Å². The van der Waals surface area contributed by atoms with Gasteiger partial charge < -0.3 is 0 Å². The molecule has 0 radical (unpaired) electrons. The molecule has 2 rings (SSSR count). The summed E-state index contributed by atoms with van der Waals surface area (Å²) >= 11 is 3.39. The maximum Gasteiger partial charge on any atom is 0.248 e. The minimum absolute atomic E-state index is 0.156. The van der Waals surface area contributed by atoms with E-state index in [1.807, 2.05) is 24.3 Å². The van der Waals surface area contributed by atoms with E-state index in [4.69, 9.17) is 0 Å². The van der Waals surface area contributed by atoms with Gasteiger partial charge in [-0.2, -0.15) is 10.2 Å². The van der Waals surface area contributed by atoms with Crippen LogP contribution in [0.4, 0.5) is 0 Å². The molecule has 7 heteroatoms. The number of halogens is 1. The highest BCUT2D eigenvalue weighted by atomic mass is 79.9. The first kappa shape index (κ1) is 15.4. The van der Waals surface area contributed by atoms with E-state index in [2.05, 4.69) is 37.0 Å². The molecule has 2 N–H and O–H groups in total. The standard InChI is InChI=1S/C14H15BrN4O2/c1-9-11(14(21)19-17-9)6-7-13(20)18-16-8-10-4-2-3-5-12(10)15/h2-5,8,11H,6-7H2,1H3,(H,18,20)(H,19,21)/b16-8-/t11-/m0/s1. The lowest BCUT2D eigenvalue weighted by Crippen LogP contribution is -2.25. The number of nitrogens with zero attached hydrogens (tertiary/aromatic N) is 2. The highest BCUT2D eigenvalue weighted by molar-refractivity contribution is 9.10. The monoisotopic (exact) mass is 350 g/mol. The first-order valence-corrected chi connectivity index (χ1v) is 7.27. The predicted molar refractivity (Wildman–Crippen MR) is 83.9 cm³/mol. The maximum absolute atomic E-state index is 11.7. The first-order chi connectivity index (χ1) is 10.1. The normalized spacial score (nSPS) is 17.7. The van der Waals surface area contributed by atoms with Crippen LogP contribution in [0.5, 0.6) is 0 Å². The van der Waals surface area contributed by atoms with Crippen LogP contribution in [0.25, 0.3) is 0 Å². The van der Waals surface area contributed by atoms with Crippen LogP contribution in [0.2, 0.25) is 0 Å². The Balaban J connectivity index is 1.79. The van der Waals surface area contributed by atoms with Gasteiger partial charge in [-0.25, -0.2) is 10.9 Å². The Morgan fingerprint density at radius 1 is 1.52 bits per heavy atom. The molecule has 0 aliphatic carbocycles. The van der Waals surface area contributed by atoms with Crippen LogP contribution in [-0.4, -0.2) is 23.7 Å². The van der Waals surface area contributed by atoms with Gasteiger partial charge in [0, 0.05) is 22.2 Å². The molecule has 0 saturated heterocycles. The van der Waals surface area contributed by atoms with E-state index in [1.165, 1.54) is 0 Å². The lowest BCUT2D eigenvalue weighted by molar-refractivity contribution is -0.123. The number of nitrogens with one attached hydrogen (secondary N) is 2. The average Bonchev–Trinajstić information content (AvgIpc) is 2.78. The smallest absolute Gasteiger partial charge is 0.248 e. The zero-order valence-electron chi connectivity index (χ0n) is 11.5. The van der Waals surface area contributed by atoms with Crippen LogP contribution in [0.3, 0.4) is 0 Å². The summed E-state index contributed by atoms with van der Waals surface area (Å²) in [6, 6.07) is 7.55. The fourth-order valence-corrected chi connectivity index (χ4v) is 2.30. The van der Waals surface area contributed by atoms with E-state index in [0.29, 0.717) is 12.1 Å². The van der Waals surface area contributed by atoms with Crippen molar-refractivity contribution in [3.8, 4) is 0 Å². The Bertz CT molecular complexity index is 613. The van der Waals surface area contributed by atoms with E-state index in [9.17, 15) is 9.59 Å². The highest BCUT2D eigenvalue weighted by Crippen LogP contribution is 2.14. The van der Waals surface area contributed by atoms with Crippen LogP contribution in [0.15, 0.2) is 38.9 Å². The number of hydrazone groups is 2. The van der Waals surface area contributed by atoms with E-state index in [0.717, 1.165) is 10.0 Å². The van der Waals surface area contributed by atoms with Gasteiger partial charge in [-0.1, -0.05) is 34.1 Å². The molecule has 1 aromatic rings. The van der Waals surface area contributed by atoms with Crippen LogP contribution >= 0.6 is 15.9 Å². The predicted octanol–water partition coefficient (Wildman–Crippen LogP) is 1.80. The summed E-state index contributed by atoms with van der Waals surface area (Å²) in [4.78, 5) is 23.1. The van der Waals surface area contributed by atoms with Crippen LogP contribution < -0.4 is 10.9 Å². The summed E-state index contributed by atoms with van der Waals surface area (Å²) in [6.07, 6.45) is 2.22. The van der Waals surface area contributed by atoms with Crippen molar-refractivity contribution in [1.29, 1.82) is 0 Å². The average molecular weight is 351 g/mol. The highest BCUT2D eigenvalue weighted by Gasteiger charge is 2.26. The van der Waals surface area contributed by atoms with E-state index in [-0.39, 0.29) is 24.2 Å². The number of carbonyl (C=O) groups is 2. The summed E-state index contributed by atoms with van der Waals surface area (Å²) in [5.41, 5.74) is 6.43. The molecule has 1 atom stereocenters. The van der Waals surface area contributed by atoms with Gasteiger partial charge in [-0.3, -0.25) is 9.59 Å². The Morgan fingerprint density at radius 3 is 2.95 bits per heavy atom. The number of hydrogen-bond donors (Lipinski definition) is 2. The molecule has 0 aromatic heterocycles. The lowest BCUT2D eigenvalue weighted by Gasteiger charge is -2.06. The quantitative estimate of drug-likeness (QED) is 0.626. The number of amides is 2. The summed E-state index contributed by atoms with van der Waals surface area (Å²) in [7, 11) is 0. The van der Waals surface area contributed by atoms with Gasteiger partial charge in [-0.05, 0) is 19.4 Å². The molecule has 2 amide bonds. The molecule has 0 unspecified atom stereocenters. The molecule has 0 bridgehead atoms. The summed E-state index contributed by atoms with van der Waals surface area (Å²) < 4.78 is 0.900. The molecule has 1 aliphatic rings. The fraction of sp³-hybridized carbons (Fsp3) is 0.286. The third-order valence-corrected chi connectivity index (χ3v) is 3.84. The largest absolute Gasteiger partial charge is 0.273 e. The van der Waals surface area contributed by atoms with Gasteiger partial charge in [0.05, 0.1) is 12.1 Å². The second kappa shape index (κ2) is 7.12. The summed E-state index contributed by atoms with van der Waals surface area (Å²) in [5.74, 6) is -0.703. The topological polar surface area (TPSA) is 82.9 Å². The van der Waals surface area contributed by atoms with Crippen LogP contribution in [-0.2, 0) is 9.59 Å². The second-order valence-corrected chi connectivity index (χ2v) is 5.49. The van der Waals surface area contributed by atoms with Crippen molar-refractivity contribution in [2.45, 2.75) is 19.8 Å². The molecule has 21 heavy (non-hydrogen) atoms. The van der Waals surface area contributed by atoms with Gasteiger partial charge in [0.2, 0.25) is 11.8 Å². The second-order valence-electron chi connectivity index (χ2n) is 4.64. The van der Waals surface area contributed by atoms with Crippen molar-refractivity contribution in [1.82, 2.24) is 10.9 Å². The zero-order valence-corrected chi connectivity index (χ0v) is 13.1. The Morgan fingerprint density at radius 2 is 2.29 bits per heavy atom. The summed E-state index contributed by atoms with van der Waals surface area (Å²) in [6.45, 7) is 1.77. The van der Waals surface area contributed by atoms with Crippen molar-refractivity contribution in [3.63, 3.8) is 0 Å². The fourth-order valence-electron chi connectivity index (χ4n) is 1.91. The van der Waals surface area contributed by atoms with Crippen LogP contribution in [0, 0.1) is 5.92 Å². The molecule has 1 heterocycles. The molecular formula is C14H15BrN4O2. The third-order valence-electron chi connectivity index (χ3n) is 3.12. The third kappa shape index (κ3) is 4.22. The number of carbonyl (C=O) groups excluding carboxylic acids is 2. The molecule has 110 valence electrons. The van der Waals surface area contributed by atoms with Gasteiger partial charge >= 0.3 is 0 Å². The first-order valence-electron chi connectivity index (χ1n) is 6.48. The molecular weight excluding hydrogens is 336 g/mol. The molecule has 0 fully saturated rings. The molecule has 6 nitrogen and oxygen atoms in total. The van der Waals surface area contributed by atoms with E-state index >= 15 is 0 Å². The number of rotatable bonds is 5. The number of hydrogen-bond acceptors (Lipinski definition) is 4. The van der Waals surface area contributed by atoms with Gasteiger partial charge in [0.15, 0.2) is 0 Å². The minimum Gasteiger partial charge on any atom is -0.273 e. The van der Waals surface area contributed by atoms with Crippen molar-refractivity contribution in [2.24, 2.45) is 16.1 Å². The Hall–Kier alpha value is -2.02. The zero-order chi connectivity index (χ0) is 15.2. The molecule has 1 aromatic carbocycles. The number of benzene rings is 1. The molecule has 1 aliphatic heterocycles. The van der Waals surface area contributed by atoms with Crippen molar-refractivity contribution >= 4 is 39.7 Å². The van der Waals surface area contributed by atoms with E-state index in [1.54, 1.807) is 13.1 Å². The van der Waals surface area contributed by atoms with Crippen molar-refractivity contribution in [2.75, 3.05) is 0 Å². The molecule has 0 saturated carbocycles. The van der Waals surface area contributed by atoms with Gasteiger partial charge in [0.1, 0.15) is 0 Å². The van der Waals surface area contributed by atoms with Crippen molar-refractivity contribution < 1.29 is 9.59 Å². The maximum atomic E-state index is 11.7. The van der Waals surface area contributed by atoms with Crippen LogP contribution in [0.1, 0.15) is 25.3 Å². The Kier molecular flexibility index (Phi) is 5.21. The SMILES string of the molecule is CC1=NNC(=O)[C@H]1CCC(=O)N/N=C\c1ccccc1Br. The van der Waals surface area contributed by atoms with E-state index < -0.39 is 0 Å².